The molecule has 1 saturated carbocycles. The van der Waals surface area contributed by atoms with Crippen molar-refractivity contribution in [1.29, 1.82) is 0 Å². The van der Waals surface area contributed by atoms with E-state index in [9.17, 15) is 9.59 Å². The molecule has 1 aliphatic carbocycles. The average molecular weight is 328 g/mol. The van der Waals surface area contributed by atoms with Crippen LogP contribution in [0.15, 0.2) is 24.3 Å². The maximum absolute atomic E-state index is 13.0. The van der Waals surface area contributed by atoms with E-state index in [0.717, 1.165) is 62.5 Å². The van der Waals surface area contributed by atoms with Gasteiger partial charge in [0.15, 0.2) is 5.78 Å². The van der Waals surface area contributed by atoms with E-state index in [0.29, 0.717) is 18.6 Å². The van der Waals surface area contributed by atoms with Crippen molar-refractivity contribution >= 4 is 11.6 Å². The van der Waals surface area contributed by atoms with Crippen LogP contribution in [0.4, 0.5) is 0 Å². The summed E-state index contributed by atoms with van der Waals surface area (Å²) in [6.45, 7) is 4.20. The molecule has 2 rings (SSSR count). The monoisotopic (exact) mass is 328 g/mol. The van der Waals surface area contributed by atoms with Gasteiger partial charge >= 0.3 is 0 Å². The number of rotatable bonds is 9. The lowest BCUT2D eigenvalue weighted by Crippen LogP contribution is -2.38. The Balaban J connectivity index is 2.21. The molecule has 1 aliphatic rings. The lowest BCUT2D eigenvalue weighted by Gasteiger charge is -2.36. The van der Waals surface area contributed by atoms with Gasteiger partial charge in [0.1, 0.15) is 5.78 Å². The van der Waals surface area contributed by atoms with Gasteiger partial charge in [-0.3, -0.25) is 9.59 Å². The van der Waals surface area contributed by atoms with Crippen molar-refractivity contribution in [2.75, 3.05) is 0 Å². The molecule has 0 bridgehead atoms. The molecular weight excluding hydrogens is 296 g/mol. The SMILES string of the molecule is CCCCCC(=O)C1(c2ccc(C(=O)CCC)cc2)CCCCC1. The first-order valence-electron chi connectivity index (χ1n) is 9.81. The smallest absolute Gasteiger partial charge is 0.162 e. The Morgan fingerprint density at radius 2 is 1.54 bits per heavy atom. The van der Waals surface area contributed by atoms with E-state index < -0.39 is 0 Å². The molecule has 132 valence electrons. The highest BCUT2D eigenvalue weighted by Gasteiger charge is 2.40. The average Bonchev–Trinajstić information content (AvgIpc) is 2.62. The summed E-state index contributed by atoms with van der Waals surface area (Å²) in [5.74, 6) is 0.624. The van der Waals surface area contributed by atoms with Gasteiger partial charge in [-0.2, -0.15) is 0 Å². The van der Waals surface area contributed by atoms with Gasteiger partial charge in [-0.15, -0.1) is 0 Å². The highest BCUT2D eigenvalue weighted by molar-refractivity contribution is 5.96. The third kappa shape index (κ3) is 4.34. The number of hydrogen-bond donors (Lipinski definition) is 0. The lowest BCUT2D eigenvalue weighted by molar-refractivity contribution is -0.126. The topological polar surface area (TPSA) is 34.1 Å². The van der Waals surface area contributed by atoms with Crippen LogP contribution in [-0.4, -0.2) is 11.6 Å². The summed E-state index contributed by atoms with van der Waals surface area (Å²) in [4.78, 5) is 25.1. The maximum atomic E-state index is 13.0. The van der Waals surface area contributed by atoms with Gasteiger partial charge in [-0.1, -0.05) is 70.2 Å². The fraction of sp³-hybridized carbons (Fsp3) is 0.636. The van der Waals surface area contributed by atoms with E-state index in [-0.39, 0.29) is 11.2 Å². The number of carbonyl (C=O) groups excluding carboxylic acids is 2. The Labute approximate surface area is 147 Å². The van der Waals surface area contributed by atoms with Gasteiger partial charge in [0, 0.05) is 18.4 Å². The highest BCUT2D eigenvalue weighted by atomic mass is 16.1. The normalized spacial score (nSPS) is 16.8. The number of unbranched alkanes of at least 4 members (excludes halogenated alkanes) is 2. The van der Waals surface area contributed by atoms with Gasteiger partial charge in [-0.25, -0.2) is 0 Å². The van der Waals surface area contributed by atoms with Crippen molar-refractivity contribution in [3.63, 3.8) is 0 Å². The molecule has 0 N–H and O–H groups in total. The molecular formula is C22H32O2. The van der Waals surface area contributed by atoms with Gasteiger partial charge < -0.3 is 0 Å². The van der Waals surface area contributed by atoms with Crippen LogP contribution in [0.3, 0.4) is 0 Å². The minimum absolute atomic E-state index is 0.205. The summed E-state index contributed by atoms with van der Waals surface area (Å²) in [6, 6.07) is 7.96. The standard InChI is InChI=1S/C22H32O2/c1-3-5-7-11-21(24)22(16-8-6-9-17-22)19-14-12-18(13-15-19)20(23)10-4-2/h12-15H,3-11,16-17H2,1-2H3. The molecule has 0 heterocycles. The van der Waals surface area contributed by atoms with Gasteiger partial charge in [0.2, 0.25) is 0 Å². The first kappa shape index (κ1) is 18.9. The summed E-state index contributed by atoms with van der Waals surface area (Å²) < 4.78 is 0. The zero-order valence-corrected chi connectivity index (χ0v) is 15.4. The van der Waals surface area contributed by atoms with E-state index in [4.69, 9.17) is 0 Å². The first-order valence-corrected chi connectivity index (χ1v) is 9.81. The minimum Gasteiger partial charge on any atom is -0.299 e. The molecule has 0 aliphatic heterocycles. The van der Waals surface area contributed by atoms with Gasteiger partial charge in [0.05, 0.1) is 5.41 Å². The predicted octanol–water partition coefficient (Wildman–Crippen LogP) is 6.02. The summed E-state index contributed by atoms with van der Waals surface area (Å²) in [5, 5.41) is 0. The molecule has 1 fully saturated rings. The van der Waals surface area contributed by atoms with E-state index in [1.165, 1.54) is 6.42 Å². The number of benzene rings is 1. The molecule has 24 heavy (non-hydrogen) atoms. The molecule has 2 heteroatoms. The third-order valence-electron chi connectivity index (χ3n) is 5.48. The van der Waals surface area contributed by atoms with Crippen molar-refractivity contribution in [2.24, 2.45) is 0 Å². The van der Waals surface area contributed by atoms with Crippen LogP contribution in [0.2, 0.25) is 0 Å². The van der Waals surface area contributed by atoms with Crippen molar-refractivity contribution in [2.45, 2.75) is 89.9 Å². The van der Waals surface area contributed by atoms with E-state index >= 15 is 0 Å². The van der Waals surface area contributed by atoms with Crippen molar-refractivity contribution in [1.82, 2.24) is 0 Å². The summed E-state index contributed by atoms with van der Waals surface area (Å²) >= 11 is 0. The third-order valence-corrected chi connectivity index (χ3v) is 5.48. The van der Waals surface area contributed by atoms with Crippen LogP contribution in [0.25, 0.3) is 0 Å². The van der Waals surface area contributed by atoms with Crippen molar-refractivity contribution in [3.05, 3.63) is 35.4 Å². The van der Waals surface area contributed by atoms with Crippen LogP contribution in [0.5, 0.6) is 0 Å². The van der Waals surface area contributed by atoms with Crippen molar-refractivity contribution in [3.8, 4) is 0 Å². The predicted molar refractivity (Wildman–Crippen MR) is 99.6 cm³/mol. The molecule has 0 spiro atoms. The van der Waals surface area contributed by atoms with Gasteiger partial charge in [0.25, 0.3) is 0 Å². The second-order valence-corrected chi connectivity index (χ2v) is 7.27. The van der Waals surface area contributed by atoms with Crippen LogP contribution in [0.1, 0.15) is 100 Å². The Hall–Kier alpha value is -1.44. The zero-order chi connectivity index (χ0) is 17.4. The first-order chi connectivity index (χ1) is 11.6. The molecule has 1 aromatic carbocycles. The number of carbonyl (C=O) groups is 2. The van der Waals surface area contributed by atoms with Crippen LogP contribution >= 0.6 is 0 Å². The largest absolute Gasteiger partial charge is 0.299 e. The molecule has 0 unspecified atom stereocenters. The molecule has 0 saturated heterocycles. The fourth-order valence-corrected chi connectivity index (χ4v) is 4.01. The second-order valence-electron chi connectivity index (χ2n) is 7.27. The number of Topliss-reactive ketones (excluding diaryl/α,β-unsaturated/α-hetero) is 2. The molecule has 1 aromatic rings. The Morgan fingerprint density at radius 3 is 2.12 bits per heavy atom. The van der Waals surface area contributed by atoms with Crippen molar-refractivity contribution < 1.29 is 9.59 Å². The summed E-state index contributed by atoms with van der Waals surface area (Å²) in [6.07, 6.45) is 10.9. The van der Waals surface area contributed by atoms with Crippen LogP contribution in [-0.2, 0) is 10.2 Å². The Morgan fingerprint density at radius 1 is 0.875 bits per heavy atom. The van der Waals surface area contributed by atoms with E-state index in [1.807, 2.05) is 31.2 Å². The number of ketones is 2. The quantitative estimate of drug-likeness (QED) is 0.410. The van der Waals surface area contributed by atoms with Crippen LogP contribution in [0, 0.1) is 0 Å². The summed E-state index contributed by atoms with van der Waals surface area (Å²) in [5.41, 5.74) is 1.62. The molecule has 0 aromatic heterocycles. The maximum Gasteiger partial charge on any atom is 0.162 e. The number of hydrogen-bond acceptors (Lipinski definition) is 2. The van der Waals surface area contributed by atoms with Crippen LogP contribution < -0.4 is 0 Å². The second kappa shape index (κ2) is 9.15. The fourth-order valence-electron chi connectivity index (χ4n) is 4.01. The molecule has 0 radical (unpaired) electrons. The summed E-state index contributed by atoms with van der Waals surface area (Å²) in [7, 11) is 0. The Kier molecular flexibility index (Phi) is 7.20. The van der Waals surface area contributed by atoms with E-state index in [2.05, 4.69) is 6.92 Å². The molecule has 0 atom stereocenters. The lowest BCUT2D eigenvalue weighted by atomic mass is 9.65. The highest BCUT2D eigenvalue weighted by Crippen LogP contribution is 2.41. The zero-order valence-electron chi connectivity index (χ0n) is 15.4. The minimum atomic E-state index is -0.293. The van der Waals surface area contributed by atoms with E-state index in [1.54, 1.807) is 0 Å². The van der Waals surface area contributed by atoms with Gasteiger partial charge in [-0.05, 0) is 31.2 Å². The molecule has 0 amide bonds. The molecule has 2 nitrogen and oxygen atoms in total. The Bertz CT molecular complexity index is 536.